The van der Waals surface area contributed by atoms with Crippen molar-refractivity contribution in [3.8, 4) is 0 Å². The lowest BCUT2D eigenvalue weighted by molar-refractivity contribution is 0.576. The van der Waals surface area contributed by atoms with Gasteiger partial charge in [-0.1, -0.05) is 6.07 Å². The highest BCUT2D eigenvalue weighted by Gasteiger charge is 2.27. The molecule has 1 saturated heterocycles. The van der Waals surface area contributed by atoms with Crippen LogP contribution in [0.2, 0.25) is 0 Å². The lowest BCUT2D eigenvalue weighted by Gasteiger charge is -2.21. The molecule has 1 aromatic rings. The molecule has 1 heterocycles. The standard InChI is InChI=1S/C17H24F2N4/c1-2-20-17(21-10-12-6-7-12)22-13-8-9-23(11-13)16-14(18)4-3-5-15(16)19/h3-5,12-13H,2,6-11H2,1H3,(H2,20,21,22). The lowest BCUT2D eigenvalue weighted by Crippen LogP contribution is -2.44. The number of rotatable bonds is 5. The van der Waals surface area contributed by atoms with Crippen LogP contribution < -0.4 is 15.5 Å². The zero-order chi connectivity index (χ0) is 16.2. The maximum absolute atomic E-state index is 13.9. The summed E-state index contributed by atoms with van der Waals surface area (Å²) in [6, 6.07) is 4.15. The Morgan fingerprint density at radius 1 is 1.26 bits per heavy atom. The molecule has 1 saturated carbocycles. The lowest BCUT2D eigenvalue weighted by atomic mass is 10.2. The summed E-state index contributed by atoms with van der Waals surface area (Å²) in [6.07, 6.45) is 3.38. The Kier molecular flexibility index (Phi) is 4.98. The first-order valence-electron chi connectivity index (χ1n) is 8.41. The molecule has 1 aliphatic heterocycles. The zero-order valence-electron chi connectivity index (χ0n) is 13.5. The summed E-state index contributed by atoms with van der Waals surface area (Å²) in [7, 11) is 0. The second-order valence-corrected chi connectivity index (χ2v) is 6.31. The molecule has 1 aromatic carbocycles. The minimum absolute atomic E-state index is 0.0803. The molecule has 2 N–H and O–H groups in total. The van der Waals surface area contributed by atoms with Crippen molar-refractivity contribution in [2.75, 3.05) is 31.1 Å². The first-order valence-corrected chi connectivity index (χ1v) is 8.41. The smallest absolute Gasteiger partial charge is 0.191 e. The highest BCUT2D eigenvalue weighted by molar-refractivity contribution is 5.80. The minimum Gasteiger partial charge on any atom is -0.365 e. The van der Waals surface area contributed by atoms with Crippen molar-refractivity contribution in [3.05, 3.63) is 29.8 Å². The van der Waals surface area contributed by atoms with Crippen LogP contribution in [0.5, 0.6) is 0 Å². The molecule has 6 heteroatoms. The van der Waals surface area contributed by atoms with Gasteiger partial charge in [-0.15, -0.1) is 0 Å². The van der Waals surface area contributed by atoms with Gasteiger partial charge >= 0.3 is 0 Å². The van der Waals surface area contributed by atoms with E-state index in [1.54, 1.807) is 4.90 Å². The quantitative estimate of drug-likeness (QED) is 0.646. The molecule has 23 heavy (non-hydrogen) atoms. The Labute approximate surface area is 136 Å². The van der Waals surface area contributed by atoms with Crippen molar-refractivity contribution in [1.82, 2.24) is 10.6 Å². The van der Waals surface area contributed by atoms with Crippen molar-refractivity contribution in [2.24, 2.45) is 10.9 Å². The number of guanidine groups is 1. The van der Waals surface area contributed by atoms with Gasteiger partial charge in [-0.05, 0) is 44.2 Å². The molecule has 1 atom stereocenters. The molecule has 2 aliphatic rings. The fraction of sp³-hybridized carbons (Fsp3) is 0.588. The van der Waals surface area contributed by atoms with Crippen LogP contribution in [0, 0.1) is 17.6 Å². The highest BCUT2D eigenvalue weighted by Crippen LogP contribution is 2.29. The number of aliphatic imine (C=N–C) groups is 1. The summed E-state index contributed by atoms with van der Waals surface area (Å²) in [5.41, 5.74) is 0.0803. The number of halogens is 2. The summed E-state index contributed by atoms with van der Waals surface area (Å²) in [5, 5.41) is 6.63. The third-order valence-corrected chi connectivity index (χ3v) is 4.33. The number of anilines is 1. The maximum Gasteiger partial charge on any atom is 0.191 e. The summed E-state index contributed by atoms with van der Waals surface area (Å²) >= 11 is 0. The normalized spacial score (nSPS) is 21.6. The molecule has 0 amide bonds. The van der Waals surface area contributed by atoms with Gasteiger partial charge in [-0.3, -0.25) is 4.99 Å². The summed E-state index contributed by atoms with van der Waals surface area (Å²) < 4.78 is 27.8. The molecule has 2 fully saturated rings. The van der Waals surface area contributed by atoms with Gasteiger partial charge in [0.05, 0.1) is 0 Å². The first-order chi connectivity index (χ1) is 11.2. The van der Waals surface area contributed by atoms with Crippen molar-refractivity contribution in [3.63, 3.8) is 0 Å². The summed E-state index contributed by atoms with van der Waals surface area (Å²) in [6.45, 7) is 4.90. The van der Waals surface area contributed by atoms with E-state index in [9.17, 15) is 8.78 Å². The van der Waals surface area contributed by atoms with Gasteiger partial charge < -0.3 is 15.5 Å². The van der Waals surface area contributed by atoms with E-state index in [-0.39, 0.29) is 11.7 Å². The van der Waals surface area contributed by atoms with Crippen LogP contribution in [-0.4, -0.2) is 38.2 Å². The minimum atomic E-state index is -0.500. The second kappa shape index (κ2) is 7.15. The number of hydrogen-bond donors (Lipinski definition) is 2. The van der Waals surface area contributed by atoms with Gasteiger partial charge in [0, 0.05) is 32.2 Å². The average Bonchev–Trinajstić information content (AvgIpc) is 3.24. The zero-order valence-corrected chi connectivity index (χ0v) is 13.5. The van der Waals surface area contributed by atoms with Gasteiger partial charge in [0.15, 0.2) is 5.96 Å². The van der Waals surface area contributed by atoms with Gasteiger partial charge in [0.2, 0.25) is 0 Å². The van der Waals surface area contributed by atoms with Crippen LogP contribution in [0.1, 0.15) is 26.2 Å². The van der Waals surface area contributed by atoms with E-state index in [2.05, 4.69) is 15.6 Å². The Balaban J connectivity index is 1.61. The van der Waals surface area contributed by atoms with Gasteiger partial charge in [0.1, 0.15) is 17.3 Å². The molecule has 1 unspecified atom stereocenters. The number of nitrogens with zero attached hydrogens (tertiary/aromatic N) is 2. The third-order valence-electron chi connectivity index (χ3n) is 4.33. The van der Waals surface area contributed by atoms with Gasteiger partial charge in [-0.2, -0.15) is 0 Å². The Hall–Kier alpha value is -1.85. The molecule has 0 radical (unpaired) electrons. The molecular weight excluding hydrogens is 298 g/mol. The highest BCUT2D eigenvalue weighted by atomic mass is 19.1. The molecule has 4 nitrogen and oxygen atoms in total. The third kappa shape index (κ3) is 4.12. The first kappa shape index (κ1) is 16.0. The predicted octanol–water partition coefficient (Wildman–Crippen LogP) is 2.51. The van der Waals surface area contributed by atoms with Crippen LogP contribution in [0.3, 0.4) is 0 Å². The van der Waals surface area contributed by atoms with Crippen molar-refractivity contribution in [1.29, 1.82) is 0 Å². The molecule has 3 rings (SSSR count). The van der Waals surface area contributed by atoms with Crippen molar-refractivity contribution >= 4 is 11.6 Å². The number of nitrogens with one attached hydrogen (secondary N) is 2. The fourth-order valence-electron chi connectivity index (χ4n) is 2.91. The number of hydrogen-bond acceptors (Lipinski definition) is 2. The molecule has 0 aromatic heterocycles. The van der Waals surface area contributed by atoms with E-state index in [0.717, 1.165) is 31.4 Å². The topological polar surface area (TPSA) is 39.7 Å². The largest absolute Gasteiger partial charge is 0.365 e. The number of para-hydroxylation sites is 1. The van der Waals surface area contributed by atoms with E-state index >= 15 is 0 Å². The predicted molar refractivity (Wildman–Crippen MR) is 88.8 cm³/mol. The molecule has 0 bridgehead atoms. The van der Waals surface area contributed by atoms with Crippen LogP contribution in [-0.2, 0) is 0 Å². The van der Waals surface area contributed by atoms with Crippen molar-refractivity contribution < 1.29 is 8.78 Å². The summed E-state index contributed by atoms with van der Waals surface area (Å²) in [5.74, 6) is 0.540. The van der Waals surface area contributed by atoms with Crippen LogP contribution in [0.25, 0.3) is 0 Å². The van der Waals surface area contributed by atoms with E-state index in [0.29, 0.717) is 13.1 Å². The van der Waals surface area contributed by atoms with Crippen LogP contribution in [0.4, 0.5) is 14.5 Å². The average molecular weight is 322 g/mol. The second-order valence-electron chi connectivity index (χ2n) is 6.31. The Morgan fingerprint density at radius 2 is 2.00 bits per heavy atom. The van der Waals surface area contributed by atoms with E-state index in [1.165, 1.54) is 31.0 Å². The van der Waals surface area contributed by atoms with E-state index < -0.39 is 11.6 Å². The molecule has 1 aliphatic carbocycles. The SMILES string of the molecule is CCNC(=NCC1CC1)NC1CCN(c2c(F)cccc2F)C1. The van der Waals surface area contributed by atoms with Gasteiger partial charge in [-0.25, -0.2) is 8.78 Å². The fourth-order valence-corrected chi connectivity index (χ4v) is 2.91. The van der Waals surface area contributed by atoms with Crippen molar-refractivity contribution in [2.45, 2.75) is 32.2 Å². The van der Waals surface area contributed by atoms with Gasteiger partial charge in [0.25, 0.3) is 0 Å². The molecular formula is C17H24F2N4. The van der Waals surface area contributed by atoms with Crippen LogP contribution >= 0.6 is 0 Å². The van der Waals surface area contributed by atoms with E-state index in [1.807, 2.05) is 6.92 Å². The Morgan fingerprint density at radius 3 is 2.65 bits per heavy atom. The summed E-state index contributed by atoms with van der Waals surface area (Å²) in [4.78, 5) is 6.37. The Bertz CT molecular complexity index is 551. The number of benzene rings is 1. The molecule has 0 spiro atoms. The maximum atomic E-state index is 13.9. The monoisotopic (exact) mass is 322 g/mol. The molecule has 126 valence electrons. The van der Waals surface area contributed by atoms with E-state index in [4.69, 9.17) is 0 Å². The van der Waals surface area contributed by atoms with Crippen LogP contribution in [0.15, 0.2) is 23.2 Å².